The summed E-state index contributed by atoms with van der Waals surface area (Å²) in [6.07, 6.45) is 3.99. The highest BCUT2D eigenvalue weighted by Crippen LogP contribution is 2.32. The lowest BCUT2D eigenvalue weighted by Crippen LogP contribution is -2.34. The lowest BCUT2D eigenvalue weighted by Gasteiger charge is -2.19. The Morgan fingerprint density at radius 2 is 1.79 bits per heavy atom. The minimum absolute atomic E-state index is 0.0393. The van der Waals surface area contributed by atoms with Crippen molar-refractivity contribution in [1.29, 1.82) is 0 Å². The molecule has 0 saturated heterocycles. The Labute approximate surface area is 169 Å². The Kier molecular flexibility index (Phi) is 4.60. The number of para-hydroxylation sites is 1. The van der Waals surface area contributed by atoms with Crippen LogP contribution in [0, 0.1) is 5.92 Å². The Morgan fingerprint density at radius 1 is 1.03 bits per heavy atom. The van der Waals surface area contributed by atoms with Crippen molar-refractivity contribution < 1.29 is 14.3 Å². The van der Waals surface area contributed by atoms with E-state index in [4.69, 9.17) is 9.47 Å². The molecule has 2 heterocycles. The number of nitrogens with zero attached hydrogens (tertiary/aromatic N) is 3. The average Bonchev–Trinajstić information content (AvgIpc) is 3.59. The third-order valence-electron chi connectivity index (χ3n) is 5.14. The van der Waals surface area contributed by atoms with Crippen LogP contribution >= 0.6 is 0 Å². The van der Waals surface area contributed by atoms with Gasteiger partial charge < -0.3 is 14.4 Å². The SMILES string of the molecule is O=C1c2cnc(-c3ccc(Oc4ccccc4)cc3)nc2OCCN1CC1CC1. The first kappa shape index (κ1) is 17.7. The summed E-state index contributed by atoms with van der Waals surface area (Å²) in [6.45, 7) is 1.84. The minimum Gasteiger partial charge on any atom is -0.475 e. The van der Waals surface area contributed by atoms with Gasteiger partial charge in [0, 0.05) is 18.3 Å². The quantitative estimate of drug-likeness (QED) is 0.657. The number of carbonyl (C=O) groups excluding carboxylic acids is 1. The van der Waals surface area contributed by atoms with Crippen molar-refractivity contribution in [2.24, 2.45) is 5.92 Å². The highest BCUT2D eigenvalue weighted by atomic mass is 16.5. The fourth-order valence-corrected chi connectivity index (χ4v) is 3.37. The molecule has 2 aromatic carbocycles. The highest BCUT2D eigenvalue weighted by molar-refractivity contribution is 5.96. The van der Waals surface area contributed by atoms with Gasteiger partial charge >= 0.3 is 0 Å². The average molecular weight is 387 g/mol. The predicted molar refractivity (Wildman–Crippen MR) is 108 cm³/mol. The molecule has 3 aromatic rings. The van der Waals surface area contributed by atoms with Crippen molar-refractivity contribution in [2.45, 2.75) is 12.8 Å². The maximum absolute atomic E-state index is 12.8. The van der Waals surface area contributed by atoms with E-state index in [2.05, 4.69) is 9.97 Å². The summed E-state index contributed by atoms with van der Waals surface area (Å²) < 4.78 is 11.6. The second kappa shape index (κ2) is 7.54. The lowest BCUT2D eigenvalue weighted by atomic mass is 10.2. The summed E-state index contributed by atoms with van der Waals surface area (Å²) in [6, 6.07) is 17.2. The molecule has 5 rings (SSSR count). The molecule has 1 aliphatic heterocycles. The van der Waals surface area contributed by atoms with Gasteiger partial charge in [0.25, 0.3) is 5.91 Å². The van der Waals surface area contributed by atoms with Crippen molar-refractivity contribution >= 4 is 5.91 Å². The fraction of sp³-hybridized carbons (Fsp3) is 0.261. The van der Waals surface area contributed by atoms with Crippen molar-refractivity contribution in [2.75, 3.05) is 19.7 Å². The van der Waals surface area contributed by atoms with Crippen molar-refractivity contribution in [1.82, 2.24) is 14.9 Å². The number of fused-ring (bicyclic) bond motifs is 1. The number of ether oxygens (including phenoxy) is 2. The molecule has 1 amide bonds. The second-order valence-corrected chi connectivity index (χ2v) is 7.39. The summed E-state index contributed by atoms with van der Waals surface area (Å²) in [5.74, 6) is 3.00. The molecule has 1 aliphatic carbocycles. The van der Waals surface area contributed by atoms with Crippen LogP contribution in [0.25, 0.3) is 11.4 Å². The summed E-state index contributed by atoms with van der Waals surface area (Å²) in [5.41, 5.74) is 1.28. The number of hydrogen-bond donors (Lipinski definition) is 0. The van der Waals surface area contributed by atoms with Crippen molar-refractivity contribution in [3.8, 4) is 28.8 Å². The molecule has 0 radical (unpaired) electrons. The van der Waals surface area contributed by atoms with E-state index in [-0.39, 0.29) is 5.91 Å². The smallest absolute Gasteiger partial charge is 0.261 e. The molecule has 0 atom stereocenters. The van der Waals surface area contributed by atoms with Crippen LogP contribution in [0.2, 0.25) is 0 Å². The molecule has 1 aromatic heterocycles. The zero-order chi connectivity index (χ0) is 19.6. The molecule has 146 valence electrons. The van der Waals surface area contributed by atoms with Gasteiger partial charge in [0.05, 0.1) is 6.54 Å². The van der Waals surface area contributed by atoms with E-state index in [1.807, 2.05) is 59.5 Å². The van der Waals surface area contributed by atoms with Gasteiger partial charge in [-0.25, -0.2) is 4.98 Å². The minimum atomic E-state index is -0.0393. The molecular formula is C23H21N3O3. The second-order valence-electron chi connectivity index (χ2n) is 7.39. The Hall–Kier alpha value is -3.41. The van der Waals surface area contributed by atoms with Gasteiger partial charge in [-0.15, -0.1) is 0 Å². The maximum atomic E-state index is 12.8. The van der Waals surface area contributed by atoms with Crippen LogP contribution in [-0.4, -0.2) is 40.5 Å². The molecule has 0 spiro atoms. The monoisotopic (exact) mass is 387 g/mol. The van der Waals surface area contributed by atoms with Gasteiger partial charge in [-0.05, 0) is 55.2 Å². The number of aromatic nitrogens is 2. The molecular weight excluding hydrogens is 366 g/mol. The van der Waals surface area contributed by atoms with Crippen LogP contribution < -0.4 is 9.47 Å². The van der Waals surface area contributed by atoms with Gasteiger partial charge in [0.15, 0.2) is 5.82 Å². The Balaban J connectivity index is 1.35. The zero-order valence-electron chi connectivity index (χ0n) is 16.0. The maximum Gasteiger partial charge on any atom is 0.261 e. The van der Waals surface area contributed by atoms with Gasteiger partial charge in [0.1, 0.15) is 23.7 Å². The van der Waals surface area contributed by atoms with Crippen molar-refractivity contribution in [3.63, 3.8) is 0 Å². The largest absolute Gasteiger partial charge is 0.475 e. The highest BCUT2D eigenvalue weighted by Gasteiger charge is 2.31. The molecule has 29 heavy (non-hydrogen) atoms. The van der Waals surface area contributed by atoms with E-state index in [0.717, 1.165) is 23.6 Å². The van der Waals surface area contributed by atoms with Crippen LogP contribution in [0.15, 0.2) is 60.8 Å². The molecule has 0 unspecified atom stereocenters. The molecule has 0 bridgehead atoms. The third-order valence-corrected chi connectivity index (χ3v) is 5.14. The predicted octanol–water partition coefficient (Wildman–Crippen LogP) is 4.18. The van der Waals surface area contributed by atoms with Gasteiger partial charge in [-0.3, -0.25) is 4.79 Å². The topological polar surface area (TPSA) is 64.5 Å². The van der Waals surface area contributed by atoms with E-state index in [1.165, 1.54) is 12.8 Å². The Bertz CT molecular complexity index is 1020. The van der Waals surface area contributed by atoms with E-state index >= 15 is 0 Å². The standard InChI is InChI=1S/C23H21N3O3/c27-23-20-14-24-21(25-22(20)28-13-12-26(23)15-16-6-7-16)17-8-10-19(11-9-17)29-18-4-2-1-3-5-18/h1-5,8-11,14,16H,6-7,12-13,15H2. The van der Waals surface area contributed by atoms with E-state index in [9.17, 15) is 4.79 Å². The van der Waals surface area contributed by atoms with Crippen LogP contribution in [0.4, 0.5) is 0 Å². The zero-order valence-corrected chi connectivity index (χ0v) is 16.0. The number of amides is 1. The van der Waals surface area contributed by atoms with Crippen LogP contribution in [0.1, 0.15) is 23.2 Å². The van der Waals surface area contributed by atoms with Gasteiger partial charge in [-0.1, -0.05) is 18.2 Å². The molecule has 0 N–H and O–H groups in total. The normalized spacial score (nSPS) is 16.0. The molecule has 6 nitrogen and oxygen atoms in total. The lowest BCUT2D eigenvalue weighted by molar-refractivity contribution is 0.0747. The third kappa shape index (κ3) is 3.92. The summed E-state index contributed by atoms with van der Waals surface area (Å²) in [4.78, 5) is 23.6. The fourth-order valence-electron chi connectivity index (χ4n) is 3.37. The summed E-state index contributed by atoms with van der Waals surface area (Å²) in [5, 5.41) is 0. The van der Waals surface area contributed by atoms with E-state index in [0.29, 0.717) is 36.3 Å². The summed E-state index contributed by atoms with van der Waals surface area (Å²) >= 11 is 0. The Morgan fingerprint density at radius 3 is 2.55 bits per heavy atom. The first-order valence-corrected chi connectivity index (χ1v) is 9.89. The number of carbonyl (C=O) groups is 1. The first-order valence-electron chi connectivity index (χ1n) is 9.89. The van der Waals surface area contributed by atoms with Crippen molar-refractivity contribution in [3.05, 3.63) is 66.4 Å². The number of rotatable bonds is 5. The molecule has 1 saturated carbocycles. The van der Waals surface area contributed by atoms with Gasteiger partial charge in [-0.2, -0.15) is 4.98 Å². The van der Waals surface area contributed by atoms with Crippen LogP contribution in [0.3, 0.4) is 0 Å². The van der Waals surface area contributed by atoms with Gasteiger partial charge in [0.2, 0.25) is 5.88 Å². The van der Waals surface area contributed by atoms with Crippen LogP contribution in [-0.2, 0) is 0 Å². The summed E-state index contributed by atoms with van der Waals surface area (Å²) in [7, 11) is 0. The molecule has 1 fully saturated rings. The number of hydrogen-bond acceptors (Lipinski definition) is 5. The van der Waals surface area contributed by atoms with E-state index in [1.54, 1.807) is 6.20 Å². The number of benzene rings is 2. The first-order chi connectivity index (χ1) is 14.3. The molecule has 6 heteroatoms. The molecule has 2 aliphatic rings. The van der Waals surface area contributed by atoms with E-state index < -0.39 is 0 Å². The van der Waals surface area contributed by atoms with Crippen LogP contribution in [0.5, 0.6) is 17.4 Å².